The molecule has 0 heterocycles. The van der Waals surface area contributed by atoms with Gasteiger partial charge in [0.25, 0.3) is 0 Å². The number of hydrogen-bond donors (Lipinski definition) is 0. The van der Waals surface area contributed by atoms with Crippen LogP contribution in [-0.4, -0.2) is 19.6 Å². The first-order chi connectivity index (χ1) is 6.85. The Labute approximate surface area is 83.3 Å². The highest BCUT2D eigenvalue weighted by Crippen LogP contribution is 2.30. The molecule has 0 spiro atoms. The molecule has 0 N–H and O–H groups in total. The topological polar surface area (TPSA) is 29.5 Å². The average molecular weight is 191 g/mol. The maximum Gasteiger partial charge on any atom is 0.214 e. The Morgan fingerprint density at radius 3 is 2.43 bits per heavy atom. The Morgan fingerprint density at radius 2 is 2.00 bits per heavy atom. The van der Waals surface area contributed by atoms with Crippen LogP contribution in [0.2, 0.25) is 0 Å². The van der Waals surface area contributed by atoms with Crippen LogP contribution in [0.25, 0.3) is 0 Å². The van der Waals surface area contributed by atoms with E-state index in [2.05, 4.69) is 0 Å². The summed E-state index contributed by atoms with van der Waals surface area (Å²) < 4.78 is 5.05. The number of hydrogen-bond acceptors (Lipinski definition) is 2. The molecule has 3 heteroatoms. The van der Waals surface area contributed by atoms with E-state index >= 15 is 0 Å². The van der Waals surface area contributed by atoms with Gasteiger partial charge >= 0.3 is 0 Å². The summed E-state index contributed by atoms with van der Waals surface area (Å²) in [6, 6.07) is 7.97. The van der Waals surface area contributed by atoms with Crippen LogP contribution in [0.5, 0.6) is 5.75 Å². The number of nitrogens with zero attached hydrogens (tertiary/aromatic N) is 1. The van der Waals surface area contributed by atoms with Gasteiger partial charge in [-0.3, -0.25) is 4.79 Å². The Morgan fingerprint density at radius 1 is 1.36 bits per heavy atom. The summed E-state index contributed by atoms with van der Waals surface area (Å²) in [5, 5.41) is 0. The Balaban J connectivity index is 2.17. The van der Waals surface area contributed by atoms with Crippen LogP contribution >= 0.6 is 0 Å². The highest BCUT2D eigenvalue weighted by molar-refractivity contribution is 5.76. The SMILES string of the molecule is COc1ccc(N(C=O)C2CC2)cc1. The van der Waals surface area contributed by atoms with Gasteiger partial charge in [0.2, 0.25) is 6.41 Å². The Bertz CT molecular complexity index is 317. The van der Waals surface area contributed by atoms with Crippen molar-refractivity contribution in [3.63, 3.8) is 0 Å². The van der Waals surface area contributed by atoms with Gasteiger partial charge in [-0.05, 0) is 37.1 Å². The van der Waals surface area contributed by atoms with Crippen LogP contribution in [0.1, 0.15) is 12.8 Å². The molecule has 0 aromatic heterocycles. The third-order valence-corrected chi connectivity index (χ3v) is 2.42. The standard InChI is InChI=1S/C11H13NO2/c1-14-11-6-4-10(5-7-11)12(8-13)9-2-3-9/h4-9H,2-3H2,1H3. The van der Waals surface area contributed by atoms with E-state index in [1.807, 2.05) is 24.3 Å². The molecule has 1 aromatic carbocycles. The van der Waals surface area contributed by atoms with Crippen molar-refractivity contribution in [2.75, 3.05) is 12.0 Å². The third-order valence-electron chi connectivity index (χ3n) is 2.42. The van der Waals surface area contributed by atoms with Crippen LogP contribution in [0.4, 0.5) is 5.69 Å². The minimum Gasteiger partial charge on any atom is -0.497 e. The van der Waals surface area contributed by atoms with Crippen molar-refractivity contribution in [2.45, 2.75) is 18.9 Å². The summed E-state index contributed by atoms with van der Waals surface area (Å²) in [6.45, 7) is 0. The van der Waals surface area contributed by atoms with Gasteiger partial charge in [-0.2, -0.15) is 0 Å². The van der Waals surface area contributed by atoms with E-state index in [1.165, 1.54) is 0 Å². The first kappa shape index (κ1) is 9.06. The molecule has 1 saturated carbocycles. The summed E-state index contributed by atoms with van der Waals surface area (Å²) in [6.07, 6.45) is 3.13. The zero-order chi connectivity index (χ0) is 9.97. The van der Waals surface area contributed by atoms with E-state index in [0.717, 1.165) is 30.7 Å². The van der Waals surface area contributed by atoms with Crippen LogP contribution in [0.3, 0.4) is 0 Å². The summed E-state index contributed by atoms with van der Waals surface area (Å²) in [5.41, 5.74) is 0.948. The maximum atomic E-state index is 10.8. The van der Waals surface area contributed by atoms with E-state index in [-0.39, 0.29) is 0 Å². The molecule has 0 radical (unpaired) electrons. The van der Waals surface area contributed by atoms with Crippen molar-refractivity contribution >= 4 is 12.1 Å². The zero-order valence-corrected chi connectivity index (χ0v) is 8.14. The molecule has 3 nitrogen and oxygen atoms in total. The second-order valence-electron chi connectivity index (χ2n) is 3.44. The molecule has 0 aliphatic heterocycles. The molecular weight excluding hydrogens is 178 g/mol. The van der Waals surface area contributed by atoms with Gasteiger partial charge in [0.15, 0.2) is 0 Å². The van der Waals surface area contributed by atoms with Crippen molar-refractivity contribution in [3.8, 4) is 5.75 Å². The maximum absolute atomic E-state index is 10.8. The Hall–Kier alpha value is -1.51. The molecular formula is C11H13NO2. The van der Waals surface area contributed by atoms with E-state index < -0.39 is 0 Å². The minimum atomic E-state index is 0.417. The van der Waals surface area contributed by atoms with E-state index in [4.69, 9.17) is 4.74 Å². The van der Waals surface area contributed by atoms with Gasteiger partial charge in [0.1, 0.15) is 5.75 Å². The largest absolute Gasteiger partial charge is 0.497 e. The number of rotatable bonds is 4. The third kappa shape index (κ3) is 1.71. The van der Waals surface area contributed by atoms with Gasteiger partial charge < -0.3 is 9.64 Å². The predicted octanol–water partition coefficient (Wildman–Crippen LogP) is 1.82. The molecule has 1 aliphatic carbocycles. The first-order valence-corrected chi connectivity index (χ1v) is 4.73. The van der Waals surface area contributed by atoms with Crippen molar-refractivity contribution in [3.05, 3.63) is 24.3 Å². The van der Waals surface area contributed by atoms with Crippen molar-refractivity contribution in [1.82, 2.24) is 0 Å². The summed E-state index contributed by atoms with van der Waals surface area (Å²) in [5.74, 6) is 0.815. The van der Waals surface area contributed by atoms with Crippen LogP contribution in [-0.2, 0) is 4.79 Å². The van der Waals surface area contributed by atoms with Gasteiger partial charge in [0, 0.05) is 11.7 Å². The molecule has 1 fully saturated rings. The second kappa shape index (κ2) is 3.70. The number of benzene rings is 1. The molecule has 1 aromatic rings. The lowest BCUT2D eigenvalue weighted by Gasteiger charge is -2.16. The number of amides is 1. The molecule has 14 heavy (non-hydrogen) atoms. The predicted molar refractivity (Wildman–Crippen MR) is 54.6 cm³/mol. The average Bonchev–Trinajstić information content (AvgIpc) is 3.04. The molecule has 0 bridgehead atoms. The van der Waals surface area contributed by atoms with Crippen LogP contribution in [0, 0.1) is 0 Å². The lowest BCUT2D eigenvalue weighted by molar-refractivity contribution is -0.107. The molecule has 74 valence electrons. The molecule has 0 saturated heterocycles. The number of carbonyl (C=O) groups is 1. The lowest BCUT2D eigenvalue weighted by Crippen LogP contribution is -2.23. The molecule has 1 aliphatic rings. The number of ether oxygens (including phenoxy) is 1. The van der Waals surface area contributed by atoms with Crippen molar-refractivity contribution in [2.24, 2.45) is 0 Å². The summed E-state index contributed by atoms with van der Waals surface area (Å²) >= 11 is 0. The fourth-order valence-corrected chi connectivity index (χ4v) is 1.46. The van der Waals surface area contributed by atoms with Crippen molar-refractivity contribution in [1.29, 1.82) is 0 Å². The summed E-state index contributed by atoms with van der Waals surface area (Å²) in [4.78, 5) is 12.6. The number of methoxy groups -OCH3 is 1. The van der Waals surface area contributed by atoms with E-state index in [0.29, 0.717) is 6.04 Å². The number of anilines is 1. The summed E-state index contributed by atoms with van der Waals surface area (Å²) in [7, 11) is 1.63. The van der Waals surface area contributed by atoms with E-state index in [9.17, 15) is 4.79 Å². The highest BCUT2D eigenvalue weighted by Gasteiger charge is 2.28. The quantitative estimate of drug-likeness (QED) is 0.679. The Kier molecular flexibility index (Phi) is 2.39. The van der Waals surface area contributed by atoms with Gasteiger partial charge in [-0.1, -0.05) is 0 Å². The minimum absolute atomic E-state index is 0.417. The fourth-order valence-electron chi connectivity index (χ4n) is 1.46. The number of carbonyl (C=O) groups excluding carboxylic acids is 1. The van der Waals surface area contributed by atoms with E-state index in [1.54, 1.807) is 12.0 Å². The van der Waals surface area contributed by atoms with Crippen LogP contribution < -0.4 is 9.64 Å². The second-order valence-corrected chi connectivity index (χ2v) is 3.44. The highest BCUT2D eigenvalue weighted by atomic mass is 16.5. The van der Waals surface area contributed by atoms with Gasteiger partial charge in [-0.15, -0.1) is 0 Å². The first-order valence-electron chi connectivity index (χ1n) is 4.73. The van der Waals surface area contributed by atoms with Gasteiger partial charge in [-0.25, -0.2) is 0 Å². The monoisotopic (exact) mass is 191 g/mol. The van der Waals surface area contributed by atoms with Crippen molar-refractivity contribution < 1.29 is 9.53 Å². The fraction of sp³-hybridized carbons (Fsp3) is 0.364. The lowest BCUT2D eigenvalue weighted by atomic mass is 10.3. The van der Waals surface area contributed by atoms with Gasteiger partial charge in [0.05, 0.1) is 7.11 Å². The molecule has 0 unspecified atom stereocenters. The molecule has 1 amide bonds. The normalized spacial score (nSPS) is 14.9. The molecule has 0 atom stereocenters. The zero-order valence-electron chi connectivity index (χ0n) is 8.14. The smallest absolute Gasteiger partial charge is 0.214 e. The molecule has 2 rings (SSSR count). The van der Waals surface area contributed by atoms with Crippen LogP contribution in [0.15, 0.2) is 24.3 Å².